The molecule has 1 aliphatic heterocycles. The third-order valence-corrected chi connectivity index (χ3v) is 5.58. The molecule has 3 heteroatoms. The van der Waals surface area contributed by atoms with Crippen LogP contribution in [-0.4, -0.2) is 61.7 Å². The number of piperidine rings is 1. The van der Waals surface area contributed by atoms with Gasteiger partial charge in [-0.25, -0.2) is 0 Å². The molecule has 0 aromatic rings. The summed E-state index contributed by atoms with van der Waals surface area (Å²) in [6.07, 6.45) is 11.0. The van der Waals surface area contributed by atoms with Gasteiger partial charge < -0.3 is 15.1 Å². The zero-order valence-electron chi connectivity index (χ0n) is 14.0. The highest BCUT2D eigenvalue weighted by Crippen LogP contribution is 2.31. The average Bonchev–Trinajstić information content (AvgIpc) is 2.48. The van der Waals surface area contributed by atoms with E-state index in [0.29, 0.717) is 5.54 Å². The Bertz CT molecular complexity index is 263. The second-order valence-corrected chi connectivity index (χ2v) is 7.18. The van der Waals surface area contributed by atoms with Crippen LogP contribution in [0.4, 0.5) is 0 Å². The van der Waals surface area contributed by atoms with E-state index in [4.69, 9.17) is 0 Å². The van der Waals surface area contributed by atoms with Crippen LogP contribution >= 0.6 is 0 Å². The molecule has 1 heterocycles. The van der Waals surface area contributed by atoms with E-state index in [1.54, 1.807) is 0 Å². The standard InChI is InChI=1S/C17H35N3/c1-4-12-20-13-8-16(9-14-20)18-15-17(19(2)3)10-6-5-7-11-17/h16,18H,4-15H2,1-3H3. The summed E-state index contributed by atoms with van der Waals surface area (Å²) in [7, 11) is 4.55. The van der Waals surface area contributed by atoms with E-state index in [0.717, 1.165) is 6.04 Å². The molecular weight excluding hydrogens is 246 g/mol. The summed E-state index contributed by atoms with van der Waals surface area (Å²) in [4.78, 5) is 5.12. The summed E-state index contributed by atoms with van der Waals surface area (Å²) in [5, 5.41) is 3.91. The molecule has 1 saturated carbocycles. The number of rotatable bonds is 6. The van der Waals surface area contributed by atoms with Crippen LogP contribution in [0.1, 0.15) is 58.3 Å². The second kappa shape index (κ2) is 7.77. The van der Waals surface area contributed by atoms with E-state index >= 15 is 0 Å². The molecule has 118 valence electrons. The molecule has 0 aromatic heterocycles. The maximum absolute atomic E-state index is 3.91. The molecule has 2 rings (SSSR count). The van der Waals surface area contributed by atoms with Crippen LogP contribution in [0.15, 0.2) is 0 Å². The number of hydrogen-bond donors (Lipinski definition) is 1. The van der Waals surface area contributed by atoms with Crippen LogP contribution in [0, 0.1) is 0 Å². The van der Waals surface area contributed by atoms with E-state index in [-0.39, 0.29) is 0 Å². The summed E-state index contributed by atoms with van der Waals surface area (Å²) in [6.45, 7) is 7.35. The van der Waals surface area contributed by atoms with Gasteiger partial charge in [-0.05, 0) is 65.8 Å². The largest absolute Gasteiger partial charge is 0.312 e. The number of nitrogens with zero attached hydrogens (tertiary/aromatic N) is 2. The van der Waals surface area contributed by atoms with Crippen molar-refractivity contribution in [3.05, 3.63) is 0 Å². The predicted molar refractivity (Wildman–Crippen MR) is 87.3 cm³/mol. The Kier molecular flexibility index (Phi) is 6.31. The van der Waals surface area contributed by atoms with Gasteiger partial charge in [-0.3, -0.25) is 0 Å². The van der Waals surface area contributed by atoms with Crippen LogP contribution in [0.2, 0.25) is 0 Å². The lowest BCUT2D eigenvalue weighted by molar-refractivity contribution is 0.0894. The van der Waals surface area contributed by atoms with Gasteiger partial charge in [0.25, 0.3) is 0 Å². The van der Waals surface area contributed by atoms with Crippen LogP contribution in [-0.2, 0) is 0 Å². The van der Waals surface area contributed by atoms with Gasteiger partial charge in [0.05, 0.1) is 0 Å². The van der Waals surface area contributed by atoms with Gasteiger partial charge in [-0.2, -0.15) is 0 Å². The third kappa shape index (κ3) is 4.19. The zero-order valence-corrected chi connectivity index (χ0v) is 14.0. The molecule has 20 heavy (non-hydrogen) atoms. The second-order valence-electron chi connectivity index (χ2n) is 7.18. The molecule has 2 fully saturated rings. The molecule has 1 N–H and O–H groups in total. The summed E-state index contributed by atoms with van der Waals surface area (Å²) in [5.41, 5.74) is 0.429. The average molecular weight is 281 g/mol. The fraction of sp³-hybridized carbons (Fsp3) is 1.00. The van der Waals surface area contributed by atoms with E-state index in [1.807, 2.05) is 0 Å². The zero-order chi connectivity index (χ0) is 14.4. The highest BCUT2D eigenvalue weighted by Gasteiger charge is 2.34. The van der Waals surface area contributed by atoms with Crippen molar-refractivity contribution in [3.63, 3.8) is 0 Å². The Labute approximate surface area is 126 Å². The number of nitrogens with one attached hydrogen (secondary N) is 1. The Morgan fingerprint density at radius 1 is 1.10 bits per heavy atom. The van der Waals surface area contributed by atoms with Gasteiger partial charge in [-0.1, -0.05) is 26.2 Å². The van der Waals surface area contributed by atoms with Crippen molar-refractivity contribution in [2.24, 2.45) is 0 Å². The lowest BCUT2D eigenvalue weighted by Gasteiger charge is -2.44. The molecule has 1 saturated heterocycles. The Balaban J connectivity index is 1.76. The molecule has 3 nitrogen and oxygen atoms in total. The van der Waals surface area contributed by atoms with Gasteiger partial charge in [0.1, 0.15) is 0 Å². The number of likely N-dealkylation sites (tertiary alicyclic amines) is 1. The van der Waals surface area contributed by atoms with Crippen molar-refractivity contribution in [3.8, 4) is 0 Å². The van der Waals surface area contributed by atoms with Crippen molar-refractivity contribution in [1.29, 1.82) is 0 Å². The molecule has 0 aromatic carbocycles. The first-order chi connectivity index (χ1) is 9.66. The van der Waals surface area contributed by atoms with Gasteiger partial charge in [-0.15, -0.1) is 0 Å². The van der Waals surface area contributed by atoms with Crippen molar-refractivity contribution < 1.29 is 0 Å². The minimum absolute atomic E-state index is 0.429. The Morgan fingerprint density at radius 2 is 1.75 bits per heavy atom. The highest BCUT2D eigenvalue weighted by atomic mass is 15.2. The van der Waals surface area contributed by atoms with Crippen LogP contribution in [0.25, 0.3) is 0 Å². The minimum atomic E-state index is 0.429. The lowest BCUT2D eigenvalue weighted by Crippen LogP contribution is -2.55. The monoisotopic (exact) mass is 281 g/mol. The van der Waals surface area contributed by atoms with Crippen LogP contribution in [0.3, 0.4) is 0 Å². The van der Waals surface area contributed by atoms with E-state index in [1.165, 1.54) is 77.5 Å². The number of likely N-dealkylation sites (N-methyl/N-ethyl adjacent to an activating group) is 1. The fourth-order valence-corrected chi connectivity index (χ4v) is 4.00. The molecule has 0 amide bonds. The molecule has 0 bridgehead atoms. The van der Waals surface area contributed by atoms with Gasteiger partial charge in [0.15, 0.2) is 0 Å². The SMILES string of the molecule is CCCN1CCC(NCC2(N(C)C)CCCCC2)CC1. The van der Waals surface area contributed by atoms with E-state index in [2.05, 4.69) is 36.1 Å². The Morgan fingerprint density at radius 3 is 2.30 bits per heavy atom. The fourth-order valence-electron chi connectivity index (χ4n) is 4.00. The summed E-state index contributed by atoms with van der Waals surface area (Å²) >= 11 is 0. The summed E-state index contributed by atoms with van der Waals surface area (Å²) in [5.74, 6) is 0. The van der Waals surface area contributed by atoms with Gasteiger partial charge in [0, 0.05) is 18.1 Å². The molecule has 1 aliphatic carbocycles. The third-order valence-electron chi connectivity index (χ3n) is 5.58. The maximum atomic E-state index is 3.91. The van der Waals surface area contributed by atoms with Crippen molar-refractivity contribution in [1.82, 2.24) is 15.1 Å². The molecule has 0 spiro atoms. The first-order valence-corrected chi connectivity index (χ1v) is 8.79. The Hall–Kier alpha value is -0.120. The molecular formula is C17H35N3. The van der Waals surface area contributed by atoms with Crippen molar-refractivity contribution >= 4 is 0 Å². The normalized spacial score (nSPS) is 25.2. The molecule has 0 unspecified atom stereocenters. The first-order valence-electron chi connectivity index (χ1n) is 8.79. The van der Waals surface area contributed by atoms with Gasteiger partial charge in [0.2, 0.25) is 0 Å². The highest BCUT2D eigenvalue weighted by molar-refractivity contribution is 4.94. The smallest absolute Gasteiger partial charge is 0.0327 e. The molecule has 2 aliphatic rings. The molecule has 0 radical (unpaired) electrons. The predicted octanol–water partition coefficient (Wildman–Crippen LogP) is 2.71. The minimum Gasteiger partial charge on any atom is -0.312 e. The van der Waals surface area contributed by atoms with Crippen molar-refractivity contribution in [2.75, 3.05) is 40.3 Å². The number of hydrogen-bond acceptors (Lipinski definition) is 3. The topological polar surface area (TPSA) is 18.5 Å². The van der Waals surface area contributed by atoms with Crippen LogP contribution < -0.4 is 5.32 Å². The van der Waals surface area contributed by atoms with E-state index < -0.39 is 0 Å². The van der Waals surface area contributed by atoms with E-state index in [9.17, 15) is 0 Å². The summed E-state index contributed by atoms with van der Waals surface area (Å²) in [6, 6.07) is 0.752. The molecule has 0 atom stereocenters. The first kappa shape index (κ1) is 16.3. The lowest BCUT2D eigenvalue weighted by atomic mass is 9.80. The van der Waals surface area contributed by atoms with Gasteiger partial charge >= 0.3 is 0 Å². The van der Waals surface area contributed by atoms with Crippen LogP contribution in [0.5, 0.6) is 0 Å². The maximum Gasteiger partial charge on any atom is 0.0327 e. The quantitative estimate of drug-likeness (QED) is 0.807. The summed E-state index contributed by atoms with van der Waals surface area (Å²) < 4.78 is 0. The van der Waals surface area contributed by atoms with Crippen molar-refractivity contribution in [2.45, 2.75) is 69.9 Å².